The second-order valence-corrected chi connectivity index (χ2v) is 5.65. The summed E-state index contributed by atoms with van der Waals surface area (Å²) in [5.41, 5.74) is 10.4. The summed E-state index contributed by atoms with van der Waals surface area (Å²) < 4.78 is 0. The third-order valence-electron chi connectivity index (χ3n) is 3.54. The molecule has 0 fully saturated rings. The van der Waals surface area contributed by atoms with Crippen molar-refractivity contribution < 1.29 is 14.4 Å². The highest BCUT2D eigenvalue weighted by atomic mass is 16.2. The Kier molecular flexibility index (Phi) is 5.14. The molecule has 130 valence electrons. The number of hydrogen-bond donors (Lipinski definition) is 6. The Balaban J connectivity index is 1.91. The van der Waals surface area contributed by atoms with Gasteiger partial charge in [0.15, 0.2) is 0 Å². The highest BCUT2D eigenvalue weighted by Gasteiger charge is 2.39. The zero-order valence-electron chi connectivity index (χ0n) is 13.1. The molecule has 4 amide bonds. The lowest BCUT2D eigenvalue weighted by molar-refractivity contribution is -0.132. The highest BCUT2D eigenvalue weighted by molar-refractivity contribution is 6.09. The largest absolute Gasteiger partial charge is 0.351 e. The number of urea groups is 1. The number of rotatable bonds is 5. The molecule has 0 saturated carbocycles. The van der Waals surface area contributed by atoms with Crippen molar-refractivity contribution in [3.8, 4) is 0 Å². The first kappa shape index (κ1) is 17.4. The van der Waals surface area contributed by atoms with Gasteiger partial charge in [0.1, 0.15) is 5.54 Å². The lowest BCUT2D eigenvalue weighted by Gasteiger charge is -2.32. The van der Waals surface area contributed by atoms with E-state index in [0.29, 0.717) is 12.8 Å². The predicted octanol–water partition coefficient (Wildman–Crippen LogP) is -2.30. The summed E-state index contributed by atoms with van der Waals surface area (Å²) in [6, 6.07) is -1.63. The summed E-state index contributed by atoms with van der Waals surface area (Å²) in [7, 11) is 0. The van der Waals surface area contributed by atoms with Gasteiger partial charge in [-0.05, 0) is 19.8 Å². The molecule has 24 heavy (non-hydrogen) atoms. The van der Waals surface area contributed by atoms with Gasteiger partial charge in [-0.3, -0.25) is 20.2 Å². The Morgan fingerprint density at radius 3 is 2.83 bits per heavy atom. The van der Waals surface area contributed by atoms with Crippen LogP contribution in [0.15, 0.2) is 17.5 Å². The molecular formula is C13H20N8O3. The number of aliphatic imine (C=N–C) groups is 1. The maximum Gasteiger partial charge on any atom is 0.318 e. The number of aromatic nitrogens is 2. The van der Waals surface area contributed by atoms with Crippen LogP contribution < -0.4 is 27.4 Å². The quantitative estimate of drug-likeness (QED) is 0.353. The first-order valence-electron chi connectivity index (χ1n) is 7.27. The highest BCUT2D eigenvalue weighted by Crippen LogP contribution is 2.10. The monoisotopic (exact) mass is 336 g/mol. The molecule has 8 N–H and O–H groups in total. The third-order valence-corrected chi connectivity index (χ3v) is 3.54. The summed E-state index contributed by atoms with van der Waals surface area (Å²) >= 11 is 0. The van der Waals surface area contributed by atoms with Crippen LogP contribution in [-0.4, -0.2) is 51.9 Å². The van der Waals surface area contributed by atoms with Crippen LogP contribution >= 0.6 is 0 Å². The van der Waals surface area contributed by atoms with E-state index in [1.165, 1.54) is 6.92 Å². The van der Waals surface area contributed by atoms with Gasteiger partial charge < -0.3 is 21.8 Å². The van der Waals surface area contributed by atoms with Crippen LogP contribution in [0.1, 0.15) is 19.0 Å². The topological polar surface area (TPSA) is 180 Å². The zero-order valence-corrected chi connectivity index (χ0v) is 13.1. The lowest BCUT2D eigenvalue weighted by Crippen LogP contribution is -2.66. The minimum atomic E-state index is -1.26. The molecule has 11 nitrogen and oxygen atoms in total. The van der Waals surface area contributed by atoms with Crippen molar-refractivity contribution in [1.82, 2.24) is 25.9 Å². The molecule has 2 rings (SSSR count). The van der Waals surface area contributed by atoms with Crippen LogP contribution in [-0.2, 0) is 16.0 Å². The van der Waals surface area contributed by atoms with E-state index >= 15 is 0 Å². The van der Waals surface area contributed by atoms with Crippen molar-refractivity contribution in [3.63, 3.8) is 0 Å². The number of nitrogens with one attached hydrogen (secondary N) is 4. The second kappa shape index (κ2) is 7.08. The maximum atomic E-state index is 12.2. The summed E-state index contributed by atoms with van der Waals surface area (Å²) in [6.45, 7) is 1.47. The Morgan fingerprint density at radius 2 is 2.25 bits per heavy atom. The normalized spacial score (nSPS) is 21.4. The molecule has 11 heteroatoms. The van der Waals surface area contributed by atoms with Crippen LogP contribution in [0.5, 0.6) is 0 Å². The SMILES string of the molecule is C[C@@]1(NC(=O)[C@H](N)CCc2cnc[nH]2)CN=C(NC(N)=O)NC1=O. The molecule has 0 aliphatic carbocycles. The van der Waals surface area contributed by atoms with Crippen LogP contribution in [0.4, 0.5) is 4.79 Å². The number of carbonyl (C=O) groups excluding carboxylic acids is 3. The zero-order chi connectivity index (χ0) is 17.7. The Bertz CT molecular complexity index is 656. The van der Waals surface area contributed by atoms with Gasteiger partial charge >= 0.3 is 6.03 Å². The first-order valence-corrected chi connectivity index (χ1v) is 7.27. The molecule has 1 aromatic heterocycles. The average Bonchev–Trinajstić information content (AvgIpc) is 3.01. The van der Waals surface area contributed by atoms with Crippen LogP contribution in [0, 0.1) is 0 Å². The first-order chi connectivity index (χ1) is 11.3. The Morgan fingerprint density at radius 1 is 1.50 bits per heavy atom. The fourth-order valence-electron chi connectivity index (χ4n) is 2.11. The maximum absolute atomic E-state index is 12.2. The number of guanidine groups is 1. The molecule has 0 radical (unpaired) electrons. The molecule has 2 atom stereocenters. The molecule has 0 spiro atoms. The van der Waals surface area contributed by atoms with Crippen molar-refractivity contribution in [2.45, 2.75) is 31.3 Å². The van der Waals surface area contributed by atoms with Crippen LogP contribution in [0.3, 0.4) is 0 Å². The summed E-state index contributed by atoms with van der Waals surface area (Å²) in [4.78, 5) is 45.9. The van der Waals surface area contributed by atoms with Gasteiger partial charge in [-0.25, -0.2) is 14.8 Å². The number of H-pyrrole nitrogens is 1. The van der Waals surface area contributed by atoms with E-state index in [-0.39, 0.29) is 12.5 Å². The third kappa shape index (κ3) is 4.29. The van der Waals surface area contributed by atoms with Gasteiger partial charge in [-0.2, -0.15) is 0 Å². The summed E-state index contributed by atoms with van der Waals surface area (Å²) in [5.74, 6) is -1.04. The van der Waals surface area contributed by atoms with E-state index in [1.807, 2.05) is 0 Å². The van der Waals surface area contributed by atoms with Crippen molar-refractivity contribution in [2.24, 2.45) is 16.5 Å². The standard InChI is InChI=1S/C13H20N8O3/c1-13(5-17-12(19-10(13)23)20-11(15)24)21-9(22)8(14)3-2-7-4-16-6-18-7/h4,6,8H,2-3,5,14H2,1H3,(H,16,18)(H,21,22)(H4,15,17,19,20,23,24)/t8-,13-/m1/s1. The number of aryl methyl sites for hydroxylation is 1. The minimum absolute atomic E-state index is 0.0482. The average molecular weight is 336 g/mol. The number of aromatic amines is 1. The number of primary amides is 1. The molecule has 2 heterocycles. The van der Waals surface area contributed by atoms with Crippen molar-refractivity contribution in [2.75, 3.05) is 6.54 Å². The Hall–Kier alpha value is -2.95. The van der Waals surface area contributed by atoms with E-state index in [4.69, 9.17) is 11.5 Å². The molecule has 0 bridgehead atoms. The van der Waals surface area contributed by atoms with Gasteiger partial charge in [0.05, 0.1) is 18.9 Å². The lowest BCUT2D eigenvalue weighted by atomic mass is 9.98. The van der Waals surface area contributed by atoms with Crippen molar-refractivity contribution in [3.05, 3.63) is 18.2 Å². The van der Waals surface area contributed by atoms with E-state index in [1.54, 1.807) is 12.5 Å². The van der Waals surface area contributed by atoms with Gasteiger partial charge in [0, 0.05) is 11.9 Å². The molecule has 0 saturated heterocycles. The van der Waals surface area contributed by atoms with Gasteiger partial charge in [0.2, 0.25) is 11.9 Å². The molecule has 1 aliphatic rings. The number of carbonyl (C=O) groups is 3. The van der Waals surface area contributed by atoms with E-state index in [2.05, 4.69) is 30.9 Å². The minimum Gasteiger partial charge on any atom is -0.351 e. The van der Waals surface area contributed by atoms with Gasteiger partial charge in [-0.15, -0.1) is 0 Å². The second-order valence-electron chi connectivity index (χ2n) is 5.65. The van der Waals surface area contributed by atoms with Gasteiger partial charge in [0.25, 0.3) is 5.91 Å². The van der Waals surface area contributed by atoms with Crippen molar-refractivity contribution >= 4 is 23.8 Å². The number of hydrogen-bond acceptors (Lipinski definition) is 6. The number of nitrogens with zero attached hydrogens (tertiary/aromatic N) is 2. The van der Waals surface area contributed by atoms with Crippen molar-refractivity contribution in [1.29, 1.82) is 0 Å². The summed E-state index contributed by atoms with van der Waals surface area (Å²) in [6.07, 6.45) is 4.15. The Labute approximate surface area is 137 Å². The van der Waals surface area contributed by atoms with Crippen LogP contribution in [0.2, 0.25) is 0 Å². The molecule has 0 unspecified atom stereocenters. The van der Waals surface area contributed by atoms with E-state index < -0.39 is 29.4 Å². The number of nitrogens with two attached hydrogens (primary N) is 2. The van der Waals surface area contributed by atoms with E-state index in [9.17, 15) is 14.4 Å². The van der Waals surface area contributed by atoms with E-state index in [0.717, 1.165) is 5.69 Å². The fourth-order valence-corrected chi connectivity index (χ4v) is 2.11. The smallest absolute Gasteiger partial charge is 0.318 e. The fraction of sp³-hybridized carbons (Fsp3) is 0.462. The molecule has 1 aromatic rings. The summed E-state index contributed by atoms with van der Waals surface area (Å²) in [5, 5.41) is 7.14. The van der Waals surface area contributed by atoms with Gasteiger partial charge in [-0.1, -0.05) is 0 Å². The molecule has 1 aliphatic heterocycles. The molecule has 0 aromatic carbocycles. The predicted molar refractivity (Wildman–Crippen MR) is 84.6 cm³/mol. The number of amides is 4. The number of imidazole rings is 1. The molecular weight excluding hydrogens is 316 g/mol. The van der Waals surface area contributed by atoms with Crippen LogP contribution in [0.25, 0.3) is 0 Å².